The fraction of sp³-hybridized carbons (Fsp3) is 0.538. The summed E-state index contributed by atoms with van der Waals surface area (Å²) < 4.78 is 19.0. The number of piperazine rings is 1. The van der Waals surface area contributed by atoms with E-state index in [4.69, 9.17) is 4.42 Å². The molecule has 0 N–H and O–H groups in total. The molecule has 2 aliphatic heterocycles. The standard InChI is InChI=1S/C26H32FN3O3/c1-18-14-22(19(2)33-18)24(31)29-8-6-26(7-9-29)16-23(26)25(32)30-12-10-28(11-13-30)17-20-4-3-5-21(27)15-20/h3-5,14-15,23H,6-13,16-17H2,1-2H3/t23-/m0/s1. The minimum absolute atomic E-state index is 0.0390. The molecule has 176 valence electrons. The molecule has 1 aromatic carbocycles. The molecule has 0 radical (unpaired) electrons. The van der Waals surface area contributed by atoms with Crippen molar-refractivity contribution in [1.82, 2.24) is 14.7 Å². The van der Waals surface area contributed by atoms with Gasteiger partial charge in [0.2, 0.25) is 5.91 Å². The molecule has 5 rings (SSSR count). The van der Waals surface area contributed by atoms with E-state index in [1.54, 1.807) is 12.1 Å². The Kier molecular flexibility index (Phi) is 5.77. The highest BCUT2D eigenvalue weighted by Crippen LogP contribution is 2.60. The van der Waals surface area contributed by atoms with Gasteiger partial charge in [0.25, 0.3) is 5.91 Å². The molecule has 2 amide bonds. The molecule has 1 aromatic heterocycles. The number of furan rings is 1. The summed E-state index contributed by atoms with van der Waals surface area (Å²) in [6, 6.07) is 8.55. The van der Waals surface area contributed by atoms with Crippen molar-refractivity contribution in [2.24, 2.45) is 11.3 Å². The van der Waals surface area contributed by atoms with Crippen LogP contribution in [0.2, 0.25) is 0 Å². The maximum absolute atomic E-state index is 13.4. The van der Waals surface area contributed by atoms with Crippen molar-refractivity contribution >= 4 is 11.8 Å². The van der Waals surface area contributed by atoms with Gasteiger partial charge in [0, 0.05) is 51.7 Å². The summed E-state index contributed by atoms with van der Waals surface area (Å²) in [6.45, 7) is 8.89. The van der Waals surface area contributed by atoms with Gasteiger partial charge in [-0.1, -0.05) is 12.1 Å². The van der Waals surface area contributed by atoms with Gasteiger partial charge in [0.05, 0.1) is 5.56 Å². The van der Waals surface area contributed by atoms with E-state index >= 15 is 0 Å². The molecular weight excluding hydrogens is 421 g/mol. The molecule has 6 nitrogen and oxygen atoms in total. The van der Waals surface area contributed by atoms with Crippen molar-refractivity contribution in [3.8, 4) is 0 Å². The SMILES string of the molecule is Cc1cc(C(=O)N2CCC3(CC2)C[C@H]3C(=O)N2CCN(Cc3cccc(F)c3)CC2)c(C)o1. The number of amides is 2. The van der Waals surface area contributed by atoms with Crippen LogP contribution in [0.15, 0.2) is 34.7 Å². The molecule has 1 saturated carbocycles. The van der Waals surface area contributed by atoms with Gasteiger partial charge in [-0.05, 0) is 62.3 Å². The van der Waals surface area contributed by atoms with Crippen molar-refractivity contribution in [2.75, 3.05) is 39.3 Å². The first-order valence-electron chi connectivity index (χ1n) is 12.0. The van der Waals surface area contributed by atoms with Gasteiger partial charge in [-0.3, -0.25) is 14.5 Å². The van der Waals surface area contributed by atoms with Crippen LogP contribution in [0.3, 0.4) is 0 Å². The maximum atomic E-state index is 13.4. The Labute approximate surface area is 194 Å². The number of carbonyl (C=O) groups excluding carboxylic acids is 2. The molecule has 3 heterocycles. The number of halogens is 1. The number of hydrogen-bond donors (Lipinski definition) is 0. The first kappa shape index (κ1) is 22.1. The quantitative estimate of drug-likeness (QED) is 0.710. The van der Waals surface area contributed by atoms with Gasteiger partial charge in [-0.25, -0.2) is 4.39 Å². The summed E-state index contributed by atoms with van der Waals surface area (Å²) in [5.41, 5.74) is 1.70. The smallest absolute Gasteiger partial charge is 0.257 e. The number of likely N-dealkylation sites (tertiary alicyclic amines) is 1. The van der Waals surface area contributed by atoms with Crippen LogP contribution in [-0.2, 0) is 11.3 Å². The van der Waals surface area contributed by atoms with E-state index in [9.17, 15) is 14.0 Å². The number of aryl methyl sites for hydroxylation is 2. The number of nitrogens with zero attached hydrogens (tertiary/aromatic N) is 3. The van der Waals surface area contributed by atoms with E-state index in [-0.39, 0.29) is 29.0 Å². The van der Waals surface area contributed by atoms with Crippen LogP contribution in [0.4, 0.5) is 4.39 Å². The lowest BCUT2D eigenvalue weighted by Gasteiger charge is -2.36. The third-order valence-electron chi connectivity index (χ3n) is 7.78. The van der Waals surface area contributed by atoms with Crippen LogP contribution in [0, 0.1) is 31.0 Å². The van der Waals surface area contributed by atoms with Gasteiger partial charge in [-0.15, -0.1) is 0 Å². The molecule has 7 heteroatoms. The van der Waals surface area contributed by atoms with Gasteiger partial charge >= 0.3 is 0 Å². The maximum Gasteiger partial charge on any atom is 0.257 e. The predicted molar refractivity (Wildman–Crippen MR) is 122 cm³/mol. The van der Waals surface area contributed by atoms with Crippen molar-refractivity contribution in [3.63, 3.8) is 0 Å². The summed E-state index contributed by atoms with van der Waals surface area (Å²) in [5, 5.41) is 0. The zero-order valence-corrected chi connectivity index (χ0v) is 19.5. The van der Waals surface area contributed by atoms with Crippen LogP contribution >= 0.6 is 0 Å². The first-order chi connectivity index (χ1) is 15.8. The Hall–Kier alpha value is -2.67. The number of benzene rings is 1. The predicted octanol–water partition coefficient (Wildman–Crippen LogP) is 3.62. The Morgan fingerprint density at radius 3 is 2.39 bits per heavy atom. The van der Waals surface area contributed by atoms with Crippen LogP contribution in [-0.4, -0.2) is 65.8 Å². The molecule has 3 fully saturated rings. The van der Waals surface area contributed by atoms with Gasteiger partial charge < -0.3 is 14.2 Å². The lowest BCUT2D eigenvalue weighted by atomic mass is 9.90. The van der Waals surface area contributed by atoms with Gasteiger partial charge in [0.1, 0.15) is 17.3 Å². The van der Waals surface area contributed by atoms with E-state index in [0.29, 0.717) is 31.0 Å². The van der Waals surface area contributed by atoms with Gasteiger partial charge in [-0.2, -0.15) is 0 Å². The number of hydrogen-bond acceptors (Lipinski definition) is 4. The highest BCUT2D eigenvalue weighted by molar-refractivity contribution is 5.95. The average Bonchev–Trinajstić information content (AvgIpc) is 3.38. The number of piperidine rings is 1. The highest BCUT2D eigenvalue weighted by Gasteiger charge is 2.59. The van der Waals surface area contributed by atoms with E-state index in [0.717, 1.165) is 56.8 Å². The van der Waals surface area contributed by atoms with E-state index in [1.807, 2.05) is 35.8 Å². The largest absolute Gasteiger partial charge is 0.466 e. The van der Waals surface area contributed by atoms with Crippen molar-refractivity contribution in [1.29, 1.82) is 0 Å². The van der Waals surface area contributed by atoms with Crippen LogP contribution in [0.1, 0.15) is 46.7 Å². The molecule has 1 atom stereocenters. The molecule has 2 saturated heterocycles. The van der Waals surface area contributed by atoms with Gasteiger partial charge in [0.15, 0.2) is 0 Å². The highest BCUT2D eigenvalue weighted by atomic mass is 19.1. The zero-order chi connectivity index (χ0) is 23.2. The number of carbonyl (C=O) groups is 2. The summed E-state index contributed by atoms with van der Waals surface area (Å²) >= 11 is 0. The topological polar surface area (TPSA) is 57.0 Å². The van der Waals surface area contributed by atoms with E-state index in [1.165, 1.54) is 6.07 Å². The summed E-state index contributed by atoms with van der Waals surface area (Å²) in [6.07, 6.45) is 2.73. The van der Waals surface area contributed by atoms with Crippen LogP contribution in [0.5, 0.6) is 0 Å². The Morgan fingerprint density at radius 2 is 1.76 bits per heavy atom. The molecule has 0 unspecified atom stereocenters. The fourth-order valence-corrected chi connectivity index (χ4v) is 5.66. The second-order valence-corrected chi connectivity index (χ2v) is 9.97. The Bertz CT molecular complexity index is 1050. The Balaban J connectivity index is 1.10. The lowest BCUT2D eigenvalue weighted by molar-refractivity contribution is -0.135. The molecule has 1 spiro atoms. The van der Waals surface area contributed by atoms with Crippen molar-refractivity contribution in [3.05, 3.63) is 58.8 Å². The molecule has 2 aromatic rings. The second-order valence-electron chi connectivity index (χ2n) is 9.97. The lowest BCUT2D eigenvalue weighted by Crippen LogP contribution is -2.49. The minimum atomic E-state index is -0.205. The average molecular weight is 454 g/mol. The second kappa shape index (κ2) is 8.60. The molecule has 1 aliphatic carbocycles. The van der Waals surface area contributed by atoms with Crippen LogP contribution in [0.25, 0.3) is 0 Å². The summed E-state index contributed by atoms with van der Waals surface area (Å²) in [4.78, 5) is 32.3. The molecule has 0 bridgehead atoms. The zero-order valence-electron chi connectivity index (χ0n) is 19.5. The van der Waals surface area contributed by atoms with Crippen molar-refractivity contribution in [2.45, 2.75) is 39.7 Å². The monoisotopic (exact) mass is 453 g/mol. The minimum Gasteiger partial charge on any atom is -0.466 e. The molecule has 33 heavy (non-hydrogen) atoms. The van der Waals surface area contributed by atoms with E-state index in [2.05, 4.69) is 4.90 Å². The Morgan fingerprint density at radius 1 is 1.03 bits per heavy atom. The normalized spacial score (nSPS) is 22.6. The number of rotatable bonds is 4. The molecule has 3 aliphatic rings. The first-order valence-corrected chi connectivity index (χ1v) is 12.0. The summed E-state index contributed by atoms with van der Waals surface area (Å²) in [5.74, 6) is 1.64. The summed E-state index contributed by atoms with van der Waals surface area (Å²) in [7, 11) is 0. The van der Waals surface area contributed by atoms with Crippen LogP contribution < -0.4 is 0 Å². The van der Waals surface area contributed by atoms with E-state index < -0.39 is 0 Å². The molecular formula is C26H32FN3O3. The fourth-order valence-electron chi connectivity index (χ4n) is 5.66. The van der Waals surface area contributed by atoms with Crippen molar-refractivity contribution < 1.29 is 18.4 Å². The third-order valence-corrected chi connectivity index (χ3v) is 7.78. The third kappa shape index (κ3) is 4.43.